The number of ether oxygens (including phenoxy) is 1. The number of anilines is 1. The average Bonchev–Trinajstić information content (AvgIpc) is 2.94. The number of benzene rings is 1. The van der Waals surface area contributed by atoms with E-state index in [1.165, 1.54) is 0 Å². The topological polar surface area (TPSA) is 46.6 Å². The van der Waals surface area contributed by atoms with Crippen molar-refractivity contribution in [1.29, 1.82) is 0 Å². The first kappa shape index (κ1) is 13.2. The Balaban J connectivity index is 1.82. The molecule has 1 aliphatic heterocycles. The SMILES string of the molecule is O=C(CN1C(=O)CCOc2ccccc21)C1CCCC1. The lowest BCUT2D eigenvalue weighted by atomic mass is 10.0. The number of fused-ring (bicyclic) bond motifs is 1. The van der Waals surface area contributed by atoms with E-state index < -0.39 is 0 Å². The highest BCUT2D eigenvalue weighted by Gasteiger charge is 2.29. The third kappa shape index (κ3) is 2.55. The van der Waals surface area contributed by atoms with Gasteiger partial charge in [-0.25, -0.2) is 0 Å². The number of hydrogen-bond acceptors (Lipinski definition) is 3. The summed E-state index contributed by atoms with van der Waals surface area (Å²) >= 11 is 0. The highest BCUT2D eigenvalue weighted by Crippen LogP contribution is 2.32. The molecule has 0 unspecified atom stereocenters. The number of nitrogens with zero attached hydrogens (tertiary/aromatic N) is 1. The van der Waals surface area contributed by atoms with E-state index in [2.05, 4.69) is 0 Å². The maximum absolute atomic E-state index is 12.3. The minimum atomic E-state index is -0.0266. The van der Waals surface area contributed by atoms with Gasteiger partial charge in [-0.05, 0) is 25.0 Å². The van der Waals surface area contributed by atoms with Gasteiger partial charge in [0.25, 0.3) is 0 Å². The van der Waals surface area contributed by atoms with Crippen LogP contribution in [-0.4, -0.2) is 24.8 Å². The van der Waals surface area contributed by atoms with Crippen molar-refractivity contribution in [2.75, 3.05) is 18.1 Å². The monoisotopic (exact) mass is 273 g/mol. The van der Waals surface area contributed by atoms with Gasteiger partial charge in [-0.3, -0.25) is 9.59 Å². The first-order valence-electron chi connectivity index (χ1n) is 7.30. The first-order valence-corrected chi connectivity index (χ1v) is 7.30. The summed E-state index contributed by atoms with van der Waals surface area (Å²) in [5.74, 6) is 0.991. The molecule has 3 rings (SSSR count). The van der Waals surface area contributed by atoms with Gasteiger partial charge in [0, 0.05) is 5.92 Å². The van der Waals surface area contributed by atoms with Gasteiger partial charge >= 0.3 is 0 Å². The van der Waals surface area contributed by atoms with Gasteiger partial charge in [0.2, 0.25) is 5.91 Å². The van der Waals surface area contributed by atoms with Gasteiger partial charge < -0.3 is 9.64 Å². The molecule has 4 nitrogen and oxygen atoms in total. The minimum Gasteiger partial charge on any atom is -0.491 e. The van der Waals surface area contributed by atoms with Crippen molar-refractivity contribution >= 4 is 17.4 Å². The van der Waals surface area contributed by atoms with Crippen LogP contribution in [0.5, 0.6) is 5.75 Å². The molecule has 0 saturated heterocycles. The van der Waals surface area contributed by atoms with Crippen LogP contribution in [0.15, 0.2) is 24.3 Å². The summed E-state index contributed by atoms with van der Waals surface area (Å²) in [5.41, 5.74) is 0.723. The molecule has 1 aliphatic carbocycles. The van der Waals surface area contributed by atoms with Gasteiger partial charge in [0.1, 0.15) is 5.75 Å². The molecule has 1 amide bonds. The van der Waals surface area contributed by atoms with Gasteiger partial charge in [0.05, 0.1) is 25.3 Å². The zero-order valence-electron chi connectivity index (χ0n) is 11.5. The van der Waals surface area contributed by atoms with Crippen LogP contribution in [0.4, 0.5) is 5.69 Å². The molecular formula is C16H19NO3. The van der Waals surface area contributed by atoms with Crippen LogP contribution in [0.1, 0.15) is 32.1 Å². The van der Waals surface area contributed by atoms with Crippen LogP contribution < -0.4 is 9.64 Å². The highest BCUT2D eigenvalue weighted by atomic mass is 16.5. The predicted molar refractivity (Wildman–Crippen MR) is 75.9 cm³/mol. The van der Waals surface area contributed by atoms with Crippen LogP contribution in [0.3, 0.4) is 0 Å². The zero-order valence-corrected chi connectivity index (χ0v) is 11.5. The Hall–Kier alpha value is -1.84. The Kier molecular flexibility index (Phi) is 3.72. The quantitative estimate of drug-likeness (QED) is 0.850. The van der Waals surface area contributed by atoms with Gasteiger partial charge in [-0.2, -0.15) is 0 Å². The third-order valence-electron chi connectivity index (χ3n) is 4.16. The number of ketones is 1. The summed E-state index contributed by atoms with van der Waals surface area (Å²) < 4.78 is 5.58. The van der Waals surface area contributed by atoms with Crippen LogP contribution >= 0.6 is 0 Å². The van der Waals surface area contributed by atoms with Gasteiger partial charge in [0.15, 0.2) is 5.78 Å². The zero-order chi connectivity index (χ0) is 13.9. The molecule has 106 valence electrons. The normalized spacial score (nSPS) is 19.4. The third-order valence-corrected chi connectivity index (χ3v) is 4.16. The standard InChI is InChI=1S/C16H19NO3/c18-14(12-5-1-2-6-12)11-17-13-7-3-4-8-15(13)20-10-9-16(17)19/h3-4,7-8,12H,1-2,5-6,9-11H2. The Bertz CT molecular complexity index is 520. The lowest BCUT2D eigenvalue weighted by molar-refractivity contribution is -0.124. The Morgan fingerprint density at radius 3 is 2.80 bits per heavy atom. The van der Waals surface area contributed by atoms with Crippen molar-refractivity contribution in [2.45, 2.75) is 32.1 Å². The maximum atomic E-state index is 12.3. The number of carbonyl (C=O) groups is 2. The molecule has 0 N–H and O–H groups in total. The Labute approximate surface area is 118 Å². The second-order valence-electron chi connectivity index (χ2n) is 5.49. The number of Topliss-reactive ketones (excluding diaryl/α,β-unsaturated/α-hetero) is 1. The molecule has 0 spiro atoms. The molecule has 1 saturated carbocycles. The molecule has 4 heteroatoms. The van der Waals surface area contributed by atoms with E-state index in [1.807, 2.05) is 24.3 Å². The average molecular weight is 273 g/mol. The lowest BCUT2D eigenvalue weighted by Crippen LogP contribution is -2.37. The van der Waals surface area contributed by atoms with Crippen LogP contribution in [0, 0.1) is 5.92 Å². The van der Waals surface area contributed by atoms with E-state index in [4.69, 9.17) is 4.74 Å². The predicted octanol–water partition coefficient (Wildman–Crippen LogP) is 2.56. The molecule has 0 bridgehead atoms. The van der Waals surface area contributed by atoms with E-state index >= 15 is 0 Å². The molecule has 1 aromatic rings. The fraction of sp³-hybridized carbons (Fsp3) is 0.500. The first-order chi connectivity index (χ1) is 9.75. The second-order valence-corrected chi connectivity index (χ2v) is 5.49. The summed E-state index contributed by atoms with van der Waals surface area (Å²) in [6.07, 6.45) is 4.53. The van der Waals surface area contributed by atoms with E-state index in [0.29, 0.717) is 18.8 Å². The highest BCUT2D eigenvalue weighted by molar-refractivity contribution is 6.01. The van der Waals surface area contributed by atoms with Crippen molar-refractivity contribution in [3.8, 4) is 5.75 Å². The summed E-state index contributed by atoms with van der Waals surface area (Å²) in [6, 6.07) is 7.45. The Morgan fingerprint density at radius 2 is 2.00 bits per heavy atom. The van der Waals surface area contributed by atoms with E-state index in [0.717, 1.165) is 31.4 Å². The molecule has 1 aromatic carbocycles. The van der Waals surface area contributed by atoms with Gasteiger partial charge in [-0.1, -0.05) is 25.0 Å². The molecule has 0 atom stereocenters. The molecule has 2 aliphatic rings. The molecule has 1 fully saturated rings. The molecule has 0 radical (unpaired) electrons. The lowest BCUT2D eigenvalue weighted by Gasteiger charge is -2.22. The molecule has 0 aromatic heterocycles. The van der Waals surface area contributed by atoms with Crippen LogP contribution in [0.2, 0.25) is 0 Å². The fourth-order valence-corrected chi connectivity index (χ4v) is 3.03. The summed E-state index contributed by atoms with van der Waals surface area (Å²) in [5, 5.41) is 0. The van der Waals surface area contributed by atoms with Crippen molar-refractivity contribution in [3.63, 3.8) is 0 Å². The van der Waals surface area contributed by atoms with Crippen molar-refractivity contribution in [3.05, 3.63) is 24.3 Å². The summed E-state index contributed by atoms with van der Waals surface area (Å²) in [6.45, 7) is 0.563. The Morgan fingerprint density at radius 1 is 1.25 bits per heavy atom. The van der Waals surface area contributed by atoms with Crippen molar-refractivity contribution in [1.82, 2.24) is 0 Å². The van der Waals surface area contributed by atoms with Gasteiger partial charge in [-0.15, -0.1) is 0 Å². The minimum absolute atomic E-state index is 0.0266. The smallest absolute Gasteiger partial charge is 0.230 e. The fourth-order valence-electron chi connectivity index (χ4n) is 3.03. The van der Waals surface area contributed by atoms with E-state index in [-0.39, 0.29) is 24.2 Å². The molecule has 1 heterocycles. The largest absolute Gasteiger partial charge is 0.491 e. The molecular weight excluding hydrogens is 254 g/mol. The number of carbonyl (C=O) groups excluding carboxylic acids is 2. The summed E-state index contributed by atoms with van der Waals surface area (Å²) in [4.78, 5) is 26.2. The number of para-hydroxylation sites is 2. The van der Waals surface area contributed by atoms with Crippen LogP contribution in [0.25, 0.3) is 0 Å². The van der Waals surface area contributed by atoms with Crippen LogP contribution in [-0.2, 0) is 9.59 Å². The number of amides is 1. The van der Waals surface area contributed by atoms with Crippen molar-refractivity contribution < 1.29 is 14.3 Å². The second kappa shape index (κ2) is 5.65. The van der Waals surface area contributed by atoms with E-state index in [9.17, 15) is 9.59 Å². The number of hydrogen-bond donors (Lipinski definition) is 0. The molecule has 20 heavy (non-hydrogen) atoms. The van der Waals surface area contributed by atoms with Crippen molar-refractivity contribution in [2.24, 2.45) is 5.92 Å². The maximum Gasteiger partial charge on any atom is 0.230 e. The number of rotatable bonds is 3. The van der Waals surface area contributed by atoms with E-state index in [1.54, 1.807) is 4.90 Å². The summed E-state index contributed by atoms with van der Waals surface area (Å²) in [7, 11) is 0.